The van der Waals surface area contributed by atoms with Gasteiger partial charge < -0.3 is 10.4 Å². The van der Waals surface area contributed by atoms with E-state index in [0.717, 1.165) is 12.0 Å². The van der Waals surface area contributed by atoms with E-state index >= 15 is 0 Å². The molecule has 0 saturated carbocycles. The van der Waals surface area contributed by atoms with Crippen LogP contribution in [0.2, 0.25) is 0 Å². The maximum Gasteiger partial charge on any atom is 0.337 e. The average molecular weight is 424 g/mol. The number of unbranched alkanes of at least 4 members (excludes halogenated alkanes) is 9. The highest BCUT2D eigenvalue weighted by Gasteiger charge is 2.14. The normalized spacial score (nSPS) is 10.8. The van der Waals surface area contributed by atoms with Gasteiger partial charge in [0.25, 0.3) is 5.91 Å². The molecule has 0 atom stereocenters. The van der Waals surface area contributed by atoms with Crippen molar-refractivity contribution >= 4 is 17.6 Å². The van der Waals surface area contributed by atoms with E-state index in [1.807, 2.05) is 31.2 Å². The first-order valence-corrected chi connectivity index (χ1v) is 11.8. The Balaban J connectivity index is 1.72. The molecule has 168 valence electrons. The summed E-state index contributed by atoms with van der Waals surface area (Å²) in [5, 5.41) is 12.1. The van der Waals surface area contributed by atoms with Crippen molar-refractivity contribution in [2.45, 2.75) is 84.5 Å². The van der Waals surface area contributed by atoms with Crippen LogP contribution in [0.3, 0.4) is 0 Å². The lowest BCUT2D eigenvalue weighted by Gasteiger charge is -2.10. The molecule has 0 heterocycles. The molecule has 0 aliphatic carbocycles. The maximum atomic E-state index is 12.5. The molecule has 0 saturated heterocycles. The Morgan fingerprint density at radius 3 is 1.97 bits per heavy atom. The van der Waals surface area contributed by atoms with E-state index in [1.165, 1.54) is 69.8 Å². The third-order valence-corrected chi connectivity index (χ3v) is 5.69. The molecule has 0 unspecified atom stereocenters. The Morgan fingerprint density at radius 2 is 1.39 bits per heavy atom. The number of amides is 1. The molecule has 1 amide bonds. The molecule has 0 radical (unpaired) electrons. The number of anilines is 1. The van der Waals surface area contributed by atoms with E-state index < -0.39 is 5.97 Å². The van der Waals surface area contributed by atoms with Gasteiger partial charge >= 0.3 is 5.97 Å². The number of hydrogen-bond acceptors (Lipinski definition) is 2. The summed E-state index contributed by atoms with van der Waals surface area (Å²) >= 11 is 0. The molecule has 0 aliphatic heterocycles. The molecule has 2 N–H and O–H groups in total. The van der Waals surface area contributed by atoms with E-state index in [0.29, 0.717) is 11.3 Å². The van der Waals surface area contributed by atoms with Crippen molar-refractivity contribution < 1.29 is 14.7 Å². The van der Waals surface area contributed by atoms with Gasteiger partial charge in [-0.2, -0.15) is 0 Å². The van der Waals surface area contributed by atoms with Crippen LogP contribution in [0.15, 0.2) is 42.5 Å². The second kappa shape index (κ2) is 13.6. The van der Waals surface area contributed by atoms with E-state index in [2.05, 4.69) is 12.2 Å². The van der Waals surface area contributed by atoms with Crippen LogP contribution in [0.4, 0.5) is 5.69 Å². The summed E-state index contributed by atoms with van der Waals surface area (Å²) in [6, 6.07) is 12.6. The lowest BCUT2D eigenvalue weighted by molar-refractivity contribution is 0.0698. The fourth-order valence-corrected chi connectivity index (χ4v) is 3.78. The summed E-state index contributed by atoms with van der Waals surface area (Å²) in [4.78, 5) is 23.9. The zero-order valence-corrected chi connectivity index (χ0v) is 19.1. The number of carboxylic acids is 1. The third kappa shape index (κ3) is 8.95. The summed E-state index contributed by atoms with van der Waals surface area (Å²) in [5.41, 5.74) is 3.02. The molecule has 0 aliphatic rings. The second-order valence-corrected chi connectivity index (χ2v) is 8.44. The number of nitrogens with one attached hydrogen (secondary N) is 1. The van der Waals surface area contributed by atoms with Gasteiger partial charge in [-0.05, 0) is 49.6 Å². The molecule has 0 spiro atoms. The first-order valence-electron chi connectivity index (χ1n) is 11.8. The Morgan fingerprint density at radius 1 is 0.806 bits per heavy atom. The van der Waals surface area contributed by atoms with Crippen molar-refractivity contribution in [3.63, 3.8) is 0 Å². The number of aryl methyl sites for hydroxylation is 2. The Bertz CT molecular complexity index is 827. The largest absolute Gasteiger partial charge is 0.478 e. The van der Waals surface area contributed by atoms with Gasteiger partial charge in [-0.15, -0.1) is 0 Å². The smallest absolute Gasteiger partial charge is 0.337 e. The maximum absolute atomic E-state index is 12.5. The van der Waals surface area contributed by atoms with Crippen LogP contribution < -0.4 is 5.32 Å². The van der Waals surface area contributed by atoms with E-state index in [-0.39, 0.29) is 11.5 Å². The monoisotopic (exact) mass is 423 g/mol. The highest BCUT2D eigenvalue weighted by atomic mass is 16.4. The minimum Gasteiger partial charge on any atom is -0.478 e. The van der Waals surface area contributed by atoms with Gasteiger partial charge in [0.15, 0.2) is 0 Å². The summed E-state index contributed by atoms with van der Waals surface area (Å²) in [7, 11) is 0. The minimum atomic E-state index is -1.05. The first kappa shape index (κ1) is 24.6. The lowest BCUT2D eigenvalue weighted by Crippen LogP contribution is -2.15. The molecule has 2 rings (SSSR count). The van der Waals surface area contributed by atoms with E-state index in [1.54, 1.807) is 18.2 Å². The Hall–Kier alpha value is -2.62. The molecule has 4 nitrogen and oxygen atoms in total. The zero-order chi connectivity index (χ0) is 22.5. The molecule has 0 aromatic heterocycles. The molecule has 2 aromatic rings. The number of carbonyl (C=O) groups excluding carboxylic acids is 1. The highest BCUT2D eigenvalue weighted by molar-refractivity contribution is 6.07. The fraction of sp³-hybridized carbons (Fsp3) is 0.481. The first-order chi connectivity index (χ1) is 15.0. The predicted molar refractivity (Wildman–Crippen MR) is 128 cm³/mol. The second-order valence-electron chi connectivity index (χ2n) is 8.44. The number of aromatic carboxylic acids is 1. The Labute approximate surface area is 187 Å². The topological polar surface area (TPSA) is 66.4 Å². The van der Waals surface area contributed by atoms with Crippen molar-refractivity contribution in [3.8, 4) is 0 Å². The van der Waals surface area contributed by atoms with Crippen molar-refractivity contribution in [3.05, 3.63) is 64.7 Å². The molecule has 31 heavy (non-hydrogen) atoms. The summed E-state index contributed by atoms with van der Waals surface area (Å²) in [6.07, 6.45) is 14.3. The van der Waals surface area contributed by atoms with Crippen LogP contribution in [-0.4, -0.2) is 17.0 Å². The lowest BCUT2D eigenvalue weighted by atomic mass is 10.0. The third-order valence-electron chi connectivity index (χ3n) is 5.69. The number of carbonyl (C=O) groups is 2. The van der Waals surface area contributed by atoms with Gasteiger partial charge in [0, 0.05) is 5.56 Å². The van der Waals surface area contributed by atoms with Crippen molar-refractivity contribution in [1.82, 2.24) is 0 Å². The predicted octanol–water partition coefficient (Wildman–Crippen LogP) is 7.41. The molecule has 4 heteroatoms. The van der Waals surface area contributed by atoms with Gasteiger partial charge in [-0.1, -0.05) is 88.5 Å². The number of rotatable bonds is 14. The van der Waals surface area contributed by atoms with Gasteiger partial charge in [0.2, 0.25) is 0 Å². The van der Waals surface area contributed by atoms with Crippen LogP contribution in [0.5, 0.6) is 0 Å². The van der Waals surface area contributed by atoms with Crippen molar-refractivity contribution in [1.29, 1.82) is 0 Å². The van der Waals surface area contributed by atoms with Gasteiger partial charge in [0.05, 0.1) is 11.3 Å². The van der Waals surface area contributed by atoms with E-state index in [4.69, 9.17) is 0 Å². The Kier molecular flexibility index (Phi) is 10.8. The molecule has 2 aromatic carbocycles. The van der Waals surface area contributed by atoms with Crippen molar-refractivity contribution in [2.24, 2.45) is 0 Å². The summed E-state index contributed by atoms with van der Waals surface area (Å²) < 4.78 is 0. The molecular weight excluding hydrogens is 386 g/mol. The zero-order valence-electron chi connectivity index (χ0n) is 19.1. The standard InChI is InChI=1S/C27H37NO3/c1-3-4-5-6-7-8-9-10-11-12-13-22-15-17-23(18-16-22)26(29)28-25-19-14-21(2)20-24(25)27(30)31/h14-20H,3-13H2,1-2H3,(H,28,29)(H,30,31). The van der Waals surface area contributed by atoms with Gasteiger partial charge in [0.1, 0.15) is 0 Å². The summed E-state index contributed by atoms with van der Waals surface area (Å²) in [6.45, 7) is 4.08. The minimum absolute atomic E-state index is 0.103. The molecular formula is C27H37NO3. The SMILES string of the molecule is CCCCCCCCCCCCc1ccc(C(=O)Nc2ccc(C)cc2C(=O)O)cc1. The van der Waals surface area contributed by atoms with Crippen LogP contribution in [0.25, 0.3) is 0 Å². The van der Waals surface area contributed by atoms with Crippen LogP contribution >= 0.6 is 0 Å². The van der Waals surface area contributed by atoms with E-state index in [9.17, 15) is 14.7 Å². The number of benzene rings is 2. The van der Waals surface area contributed by atoms with Crippen LogP contribution in [0, 0.1) is 6.92 Å². The highest BCUT2D eigenvalue weighted by Crippen LogP contribution is 2.19. The fourth-order valence-electron chi connectivity index (χ4n) is 3.78. The quantitative estimate of drug-likeness (QED) is 0.311. The van der Waals surface area contributed by atoms with Gasteiger partial charge in [-0.25, -0.2) is 4.79 Å². The molecule has 0 fully saturated rings. The van der Waals surface area contributed by atoms with Gasteiger partial charge in [-0.3, -0.25) is 4.79 Å². The van der Waals surface area contributed by atoms with Crippen LogP contribution in [-0.2, 0) is 6.42 Å². The van der Waals surface area contributed by atoms with Crippen LogP contribution in [0.1, 0.15) is 103 Å². The average Bonchev–Trinajstić information content (AvgIpc) is 2.76. The number of carboxylic acid groups (broad SMARTS) is 1. The van der Waals surface area contributed by atoms with Crippen molar-refractivity contribution in [2.75, 3.05) is 5.32 Å². The molecule has 0 bridgehead atoms. The summed E-state index contributed by atoms with van der Waals surface area (Å²) in [5.74, 6) is -1.34. The number of hydrogen-bond donors (Lipinski definition) is 2.